The maximum Gasteiger partial charge on any atom is 0.270 e. The molecule has 1 N–H and O–H groups in total. The van der Waals surface area contributed by atoms with Gasteiger partial charge in [-0.05, 0) is 23.8 Å². The second-order valence-electron chi connectivity index (χ2n) is 5.70. The van der Waals surface area contributed by atoms with Crippen LogP contribution in [-0.2, 0) is 11.3 Å². The molecule has 2 aromatic rings. The number of nitrogens with one attached hydrogen (secondary N) is 1. The summed E-state index contributed by atoms with van der Waals surface area (Å²) in [5.74, 6) is -2.01. The zero-order chi connectivity index (χ0) is 19.7. The van der Waals surface area contributed by atoms with Gasteiger partial charge in [-0.25, -0.2) is 0 Å². The van der Waals surface area contributed by atoms with E-state index in [0.717, 1.165) is 17.0 Å². The molecule has 0 bridgehead atoms. The molecule has 0 spiro atoms. The molecule has 0 aromatic heterocycles. The number of imide groups is 1. The maximum atomic E-state index is 12.4. The Morgan fingerprint density at radius 1 is 1.07 bits per heavy atom. The van der Waals surface area contributed by atoms with Crippen molar-refractivity contribution in [1.82, 2.24) is 10.2 Å². The molecule has 0 saturated carbocycles. The fraction of sp³-hybridized carbons (Fsp3) is 0.118. The van der Waals surface area contributed by atoms with Gasteiger partial charge in [-0.2, -0.15) is 0 Å². The van der Waals surface area contributed by atoms with E-state index in [9.17, 15) is 24.5 Å². The van der Waals surface area contributed by atoms with E-state index in [1.165, 1.54) is 12.1 Å². The molecule has 0 aliphatic carbocycles. The monoisotopic (exact) mass is 407 g/mol. The number of carbonyl (C=O) groups is 3. The van der Waals surface area contributed by atoms with Gasteiger partial charge in [0.25, 0.3) is 17.5 Å². The van der Waals surface area contributed by atoms with Crippen LogP contribution in [0.2, 0.25) is 10.0 Å². The van der Waals surface area contributed by atoms with Crippen molar-refractivity contribution < 1.29 is 19.3 Å². The molecule has 0 atom stereocenters. The third-order valence-corrected chi connectivity index (χ3v) is 4.54. The lowest BCUT2D eigenvalue weighted by atomic mass is 10.1. The van der Waals surface area contributed by atoms with E-state index < -0.39 is 29.2 Å². The summed E-state index contributed by atoms with van der Waals surface area (Å²) in [5, 5.41) is 14.2. The fourth-order valence-electron chi connectivity index (χ4n) is 2.59. The first-order valence-corrected chi connectivity index (χ1v) is 8.39. The number of nitrogens with zero attached hydrogens (tertiary/aromatic N) is 2. The molecule has 27 heavy (non-hydrogen) atoms. The average Bonchev–Trinajstić information content (AvgIpc) is 2.85. The molecule has 3 amide bonds. The number of hydrogen-bond acceptors (Lipinski definition) is 5. The SMILES string of the molecule is O=C(CN1C(=O)c2ccc([N+](=O)[O-])cc2C1=O)NCc1ccc(Cl)cc1Cl. The molecule has 138 valence electrons. The van der Waals surface area contributed by atoms with Crippen molar-refractivity contribution in [3.63, 3.8) is 0 Å². The zero-order valence-corrected chi connectivity index (χ0v) is 15.1. The van der Waals surface area contributed by atoms with Crippen molar-refractivity contribution in [2.75, 3.05) is 6.54 Å². The highest BCUT2D eigenvalue weighted by molar-refractivity contribution is 6.35. The van der Waals surface area contributed by atoms with Crippen LogP contribution in [0, 0.1) is 10.1 Å². The van der Waals surface area contributed by atoms with Gasteiger partial charge in [0.2, 0.25) is 5.91 Å². The van der Waals surface area contributed by atoms with Crippen LogP contribution in [0.25, 0.3) is 0 Å². The Morgan fingerprint density at radius 3 is 2.44 bits per heavy atom. The fourth-order valence-corrected chi connectivity index (χ4v) is 3.07. The number of hydrogen-bond donors (Lipinski definition) is 1. The molecule has 1 heterocycles. The third kappa shape index (κ3) is 3.76. The minimum Gasteiger partial charge on any atom is -0.350 e. The first kappa shape index (κ1) is 18.8. The van der Waals surface area contributed by atoms with E-state index >= 15 is 0 Å². The maximum absolute atomic E-state index is 12.4. The Labute approximate surface area is 162 Å². The summed E-state index contributed by atoms with van der Waals surface area (Å²) in [6.45, 7) is -0.422. The van der Waals surface area contributed by atoms with E-state index in [1.54, 1.807) is 12.1 Å². The summed E-state index contributed by atoms with van der Waals surface area (Å²) in [6.07, 6.45) is 0. The highest BCUT2D eigenvalue weighted by atomic mass is 35.5. The molecule has 1 aliphatic rings. The highest BCUT2D eigenvalue weighted by Crippen LogP contribution is 2.26. The van der Waals surface area contributed by atoms with Crippen molar-refractivity contribution in [1.29, 1.82) is 0 Å². The predicted molar refractivity (Wildman–Crippen MR) is 96.8 cm³/mol. The van der Waals surface area contributed by atoms with Crippen molar-refractivity contribution in [2.45, 2.75) is 6.54 Å². The minimum absolute atomic E-state index is 0.0270. The highest BCUT2D eigenvalue weighted by Gasteiger charge is 2.37. The summed E-state index contributed by atoms with van der Waals surface area (Å²) >= 11 is 11.8. The van der Waals surface area contributed by atoms with E-state index in [2.05, 4.69) is 5.32 Å². The smallest absolute Gasteiger partial charge is 0.270 e. The number of nitro benzene ring substituents is 1. The normalized spacial score (nSPS) is 12.9. The molecule has 10 heteroatoms. The lowest BCUT2D eigenvalue weighted by Crippen LogP contribution is -2.40. The Morgan fingerprint density at radius 2 is 1.78 bits per heavy atom. The molecule has 8 nitrogen and oxygen atoms in total. The van der Waals surface area contributed by atoms with Crippen LogP contribution < -0.4 is 5.32 Å². The first-order valence-electron chi connectivity index (χ1n) is 7.63. The van der Waals surface area contributed by atoms with Crippen LogP contribution in [0.15, 0.2) is 36.4 Å². The minimum atomic E-state index is -0.752. The van der Waals surface area contributed by atoms with E-state index in [-0.39, 0.29) is 23.4 Å². The van der Waals surface area contributed by atoms with Gasteiger partial charge in [-0.3, -0.25) is 29.4 Å². The van der Waals surface area contributed by atoms with Crippen LogP contribution in [0.3, 0.4) is 0 Å². The number of carbonyl (C=O) groups excluding carboxylic acids is 3. The Balaban J connectivity index is 1.68. The number of non-ortho nitro benzene ring substituents is 1. The van der Waals surface area contributed by atoms with Gasteiger partial charge < -0.3 is 5.32 Å². The standard InChI is InChI=1S/C17H11Cl2N3O5/c18-10-2-1-9(14(19)5-10)7-20-15(23)8-21-16(24)12-4-3-11(22(26)27)6-13(12)17(21)25/h1-6H,7-8H2,(H,20,23). The third-order valence-electron chi connectivity index (χ3n) is 3.96. The van der Waals surface area contributed by atoms with Gasteiger partial charge in [0.1, 0.15) is 6.54 Å². The van der Waals surface area contributed by atoms with Crippen LogP contribution in [0.5, 0.6) is 0 Å². The second-order valence-corrected chi connectivity index (χ2v) is 6.54. The van der Waals surface area contributed by atoms with E-state index in [4.69, 9.17) is 23.2 Å². The summed E-state index contributed by atoms with van der Waals surface area (Å²) in [4.78, 5) is 47.7. The largest absolute Gasteiger partial charge is 0.350 e. The molecular weight excluding hydrogens is 397 g/mol. The number of amides is 3. The summed E-state index contributed by atoms with van der Waals surface area (Å²) < 4.78 is 0. The number of rotatable bonds is 5. The Hall–Kier alpha value is -2.97. The van der Waals surface area contributed by atoms with Crippen molar-refractivity contribution in [3.05, 3.63) is 73.2 Å². The summed E-state index contributed by atoms with van der Waals surface area (Å²) in [5.41, 5.74) is 0.243. The number of halogens is 2. The predicted octanol–water partition coefficient (Wildman–Crippen LogP) is 2.81. The summed E-state index contributed by atoms with van der Waals surface area (Å²) in [6, 6.07) is 8.16. The van der Waals surface area contributed by atoms with Crippen LogP contribution in [-0.4, -0.2) is 34.1 Å². The number of fused-ring (bicyclic) bond motifs is 1. The van der Waals surface area contributed by atoms with Gasteiger partial charge in [0.05, 0.1) is 16.1 Å². The van der Waals surface area contributed by atoms with Gasteiger partial charge in [0, 0.05) is 28.7 Å². The zero-order valence-electron chi connectivity index (χ0n) is 13.6. The van der Waals surface area contributed by atoms with Gasteiger partial charge >= 0.3 is 0 Å². The van der Waals surface area contributed by atoms with E-state index in [1.807, 2.05) is 0 Å². The van der Waals surface area contributed by atoms with Gasteiger partial charge in [-0.1, -0.05) is 29.3 Å². The van der Waals surface area contributed by atoms with Crippen molar-refractivity contribution in [3.8, 4) is 0 Å². The van der Waals surface area contributed by atoms with Crippen molar-refractivity contribution >= 4 is 46.6 Å². The number of nitro groups is 1. The Kier molecular flexibility index (Phi) is 5.11. The van der Waals surface area contributed by atoms with Crippen LogP contribution in [0.1, 0.15) is 26.3 Å². The molecule has 2 aromatic carbocycles. The molecule has 0 fully saturated rings. The van der Waals surface area contributed by atoms with Gasteiger partial charge in [0.15, 0.2) is 0 Å². The lowest BCUT2D eigenvalue weighted by molar-refractivity contribution is -0.384. The molecule has 0 radical (unpaired) electrons. The quantitative estimate of drug-likeness (QED) is 0.465. The van der Waals surface area contributed by atoms with Crippen molar-refractivity contribution in [2.24, 2.45) is 0 Å². The molecule has 0 unspecified atom stereocenters. The van der Waals surface area contributed by atoms with Gasteiger partial charge in [-0.15, -0.1) is 0 Å². The molecular formula is C17H11Cl2N3O5. The second kappa shape index (κ2) is 7.34. The topological polar surface area (TPSA) is 110 Å². The Bertz CT molecular complexity index is 993. The molecule has 1 aliphatic heterocycles. The van der Waals surface area contributed by atoms with Crippen LogP contribution >= 0.6 is 23.2 Å². The van der Waals surface area contributed by atoms with E-state index in [0.29, 0.717) is 15.6 Å². The molecule has 3 rings (SSSR count). The van der Waals surface area contributed by atoms with Crippen LogP contribution in [0.4, 0.5) is 5.69 Å². The first-order chi connectivity index (χ1) is 12.8. The molecule has 0 saturated heterocycles. The number of benzene rings is 2. The lowest BCUT2D eigenvalue weighted by Gasteiger charge is -2.14. The summed E-state index contributed by atoms with van der Waals surface area (Å²) in [7, 11) is 0. The average molecular weight is 408 g/mol.